The third-order valence-electron chi connectivity index (χ3n) is 2.89. The molecule has 1 aromatic rings. The van der Waals surface area contributed by atoms with Crippen LogP contribution in [-0.2, 0) is 11.2 Å². The van der Waals surface area contributed by atoms with E-state index in [1.54, 1.807) is 14.2 Å². The molecule has 0 unspecified atom stereocenters. The van der Waals surface area contributed by atoms with Gasteiger partial charge in [-0.1, -0.05) is 6.92 Å². The van der Waals surface area contributed by atoms with Crippen LogP contribution in [0.25, 0.3) is 0 Å². The Hall–Kier alpha value is -1.46. The van der Waals surface area contributed by atoms with Crippen molar-refractivity contribution in [2.45, 2.75) is 19.8 Å². The zero-order valence-corrected chi connectivity index (χ0v) is 13.7. The molecule has 0 saturated carbocycles. The summed E-state index contributed by atoms with van der Waals surface area (Å²) < 4.78 is 10.4. The Morgan fingerprint density at radius 1 is 1.14 bits per heavy atom. The van der Waals surface area contributed by atoms with Crippen LogP contribution >= 0.6 is 12.4 Å². The lowest BCUT2D eigenvalue weighted by molar-refractivity contribution is -0.120. The highest BCUT2D eigenvalue weighted by Crippen LogP contribution is 2.24. The molecule has 21 heavy (non-hydrogen) atoms. The van der Waals surface area contributed by atoms with Crippen molar-refractivity contribution in [2.24, 2.45) is 0 Å². The summed E-state index contributed by atoms with van der Waals surface area (Å²) in [4.78, 5) is 11.9. The van der Waals surface area contributed by atoms with E-state index in [0.29, 0.717) is 12.3 Å². The average Bonchev–Trinajstić information content (AvgIpc) is 2.47. The van der Waals surface area contributed by atoms with E-state index in [0.717, 1.165) is 30.8 Å². The van der Waals surface area contributed by atoms with Gasteiger partial charge in [-0.05, 0) is 31.2 Å². The van der Waals surface area contributed by atoms with Gasteiger partial charge in [-0.3, -0.25) is 4.79 Å². The van der Waals surface area contributed by atoms with E-state index >= 15 is 0 Å². The fraction of sp³-hybridized carbons (Fsp3) is 0.533. The second-order valence-corrected chi connectivity index (χ2v) is 4.45. The molecule has 0 radical (unpaired) electrons. The molecule has 0 saturated heterocycles. The Balaban J connectivity index is 0.00000400. The Morgan fingerprint density at radius 3 is 2.52 bits per heavy atom. The van der Waals surface area contributed by atoms with Crippen LogP contribution in [-0.4, -0.2) is 39.8 Å². The zero-order chi connectivity index (χ0) is 14.8. The smallest absolute Gasteiger partial charge is 0.224 e. The number of rotatable bonds is 9. The van der Waals surface area contributed by atoms with Crippen molar-refractivity contribution < 1.29 is 14.3 Å². The maximum absolute atomic E-state index is 11.9. The lowest BCUT2D eigenvalue weighted by Crippen LogP contribution is -2.33. The molecule has 1 aromatic carbocycles. The molecule has 0 atom stereocenters. The van der Waals surface area contributed by atoms with Crippen LogP contribution in [0.3, 0.4) is 0 Å². The quantitative estimate of drug-likeness (QED) is 0.682. The normalized spacial score (nSPS) is 9.67. The Bertz CT molecular complexity index is 427. The molecule has 6 heteroatoms. The van der Waals surface area contributed by atoms with Gasteiger partial charge in [-0.25, -0.2) is 0 Å². The van der Waals surface area contributed by atoms with Crippen LogP contribution in [0.15, 0.2) is 18.2 Å². The van der Waals surface area contributed by atoms with Gasteiger partial charge in [0.05, 0.1) is 20.6 Å². The molecular formula is C15H25ClN2O3. The average molecular weight is 317 g/mol. The van der Waals surface area contributed by atoms with Crippen molar-refractivity contribution in [1.29, 1.82) is 0 Å². The first-order valence-electron chi connectivity index (χ1n) is 6.89. The molecule has 120 valence electrons. The molecule has 1 rings (SSSR count). The summed E-state index contributed by atoms with van der Waals surface area (Å²) in [5.41, 5.74) is 0.825. The molecule has 1 amide bonds. The van der Waals surface area contributed by atoms with E-state index in [1.165, 1.54) is 0 Å². The van der Waals surface area contributed by atoms with Crippen molar-refractivity contribution in [3.8, 4) is 11.5 Å². The van der Waals surface area contributed by atoms with Gasteiger partial charge in [0.1, 0.15) is 11.5 Å². The number of ether oxygens (including phenoxy) is 2. The minimum absolute atomic E-state index is 0. The largest absolute Gasteiger partial charge is 0.497 e. The van der Waals surface area contributed by atoms with E-state index in [9.17, 15) is 4.79 Å². The van der Waals surface area contributed by atoms with Gasteiger partial charge in [0.15, 0.2) is 0 Å². The number of hydrogen-bond acceptors (Lipinski definition) is 4. The molecule has 5 nitrogen and oxygen atoms in total. The predicted octanol–water partition coefficient (Wildman–Crippen LogP) is 1.78. The van der Waals surface area contributed by atoms with Crippen LogP contribution in [0, 0.1) is 0 Å². The highest BCUT2D eigenvalue weighted by atomic mass is 35.5. The molecule has 0 aliphatic heterocycles. The number of halogens is 1. The van der Waals surface area contributed by atoms with Gasteiger partial charge in [-0.15, -0.1) is 12.4 Å². The maximum Gasteiger partial charge on any atom is 0.224 e. The second-order valence-electron chi connectivity index (χ2n) is 4.45. The predicted molar refractivity (Wildman–Crippen MR) is 86.7 cm³/mol. The molecule has 0 spiro atoms. The summed E-state index contributed by atoms with van der Waals surface area (Å²) in [5, 5.41) is 6.12. The molecule has 0 aliphatic carbocycles. The zero-order valence-electron chi connectivity index (χ0n) is 12.9. The number of benzene rings is 1. The van der Waals surface area contributed by atoms with Crippen molar-refractivity contribution in [3.05, 3.63) is 23.8 Å². The van der Waals surface area contributed by atoms with Crippen molar-refractivity contribution in [1.82, 2.24) is 10.6 Å². The lowest BCUT2D eigenvalue weighted by Gasteiger charge is -2.11. The fourth-order valence-corrected chi connectivity index (χ4v) is 1.85. The first kappa shape index (κ1) is 19.5. The second kappa shape index (κ2) is 11.2. The van der Waals surface area contributed by atoms with Gasteiger partial charge in [0.25, 0.3) is 0 Å². The molecular weight excluding hydrogens is 292 g/mol. The number of amides is 1. The number of nitrogens with one attached hydrogen (secondary N) is 2. The van der Waals surface area contributed by atoms with E-state index in [4.69, 9.17) is 9.47 Å². The van der Waals surface area contributed by atoms with E-state index in [1.807, 2.05) is 18.2 Å². The molecule has 0 aliphatic rings. The maximum atomic E-state index is 11.9. The highest BCUT2D eigenvalue weighted by Gasteiger charge is 2.09. The van der Waals surface area contributed by atoms with Crippen molar-refractivity contribution in [2.75, 3.05) is 33.9 Å². The van der Waals surface area contributed by atoms with Gasteiger partial charge in [0, 0.05) is 18.7 Å². The molecule has 0 fully saturated rings. The van der Waals surface area contributed by atoms with E-state index in [-0.39, 0.29) is 24.7 Å². The van der Waals surface area contributed by atoms with Gasteiger partial charge in [0.2, 0.25) is 5.91 Å². The molecule has 0 aromatic heterocycles. The standard InChI is InChI=1S/C15H24N2O3.ClH/c1-4-7-16-8-9-17-15(18)11-12-10-13(19-2)5-6-14(12)20-3;/h5-6,10,16H,4,7-9,11H2,1-3H3,(H,17,18);1H. The Morgan fingerprint density at radius 2 is 1.90 bits per heavy atom. The van der Waals surface area contributed by atoms with Crippen molar-refractivity contribution in [3.63, 3.8) is 0 Å². The number of hydrogen-bond donors (Lipinski definition) is 2. The number of carbonyl (C=O) groups is 1. The van der Waals surface area contributed by atoms with Crippen LogP contribution in [0.5, 0.6) is 11.5 Å². The SMILES string of the molecule is CCCNCCNC(=O)Cc1cc(OC)ccc1OC.Cl. The Labute approximate surface area is 132 Å². The monoisotopic (exact) mass is 316 g/mol. The summed E-state index contributed by atoms with van der Waals surface area (Å²) >= 11 is 0. The molecule has 2 N–H and O–H groups in total. The lowest BCUT2D eigenvalue weighted by atomic mass is 10.1. The van der Waals surface area contributed by atoms with Crippen molar-refractivity contribution >= 4 is 18.3 Å². The minimum atomic E-state index is -0.0187. The molecule has 0 heterocycles. The van der Waals surface area contributed by atoms with Gasteiger partial charge >= 0.3 is 0 Å². The summed E-state index contributed by atoms with van der Waals surface area (Å²) in [6.07, 6.45) is 1.38. The highest BCUT2D eigenvalue weighted by molar-refractivity contribution is 5.85. The molecule has 0 bridgehead atoms. The van der Waals surface area contributed by atoms with Crippen LogP contribution in [0.4, 0.5) is 0 Å². The summed E-state index contributed by atoms with van der Waals surface area (Å²) in [6, 6.07) is 5.45. The van der Waals surface area contributed by atoms with Crippen LogP contribution in [0.2, 0.25) is 0 Å². The topological polar surface area (TPSA) is 59.6 Å². The van der Waals surface area contributed by atoms with E-state index < -0.39 is 0 Å². The third-order valence-corrected chi connectivity index (χ3v) is 2.89. The number of carbonyl (C=O) groups excluding carboxylic acids is 1. The first-order valence-corrected chi connectivity index (χ1v) is 6.89. The third kappa shape index (κ3) is 7.20. The van der Waals surface area contributed by atoms with Crippen LogP contribution in [0.1, 0.15) is 18.9 Å². The van der Waals surface area contributed by atoms with E-state index in [2.05, 4.69) is 17.6 Å². The fourth-order valence-electron chi connectivity index (χ4n) is 1.85. The summed E-state index contributed by atoms with van der Waals surface area (Å²) in [6.45, 7) is 4.50. The summed E-state index contributed by atoms with van der Waals surface area (Å²) in [5.74, 6) is 1.40. The van der Waals surface area contributed by atoms with Gasteiger partial charge in [-0.2, -0.15) is 0 Å². The summed E-state index contributed by atoms with van der Waals surface area (Å²) in [7, 11) is 3.20. The van der Waals surface area contributed by atoms with Gasteiger partial charge < -0.3 is 20.1 Å². The van der Waals surface area contributed by atoms with Crippen LogP contribution < -0.4 is 20.1 Å². The first-order chi connectivity index (χ1) is 9.71. The minimum Gasteiger partial charge on any atom is -0.497 e. The number of methoxy groups -OCH3 is 2. The Kier molecular flexibility index (Phi) is 10.4.